The van der Waals surface area contributed by atoms with E-state index >= 15 is 0 Å². The molecule has 1 aromatic heterocycles. The van der Waals surface area contributed by atoms with E-state index in [0.29, 0.717) is 24.9 Å². The first-order valence-corrected chi connectivity index (χ1v) is 16.6. The van der Waals surface area contributed by atoms with E-state index in [2.05, 4.69) is 69.0 Å². The molecule has 1 unspecified atom stereocenters. The number of hydrogen-bond acceptors (Lipinski definition) is 5. The summed E-state index contributed by atoms with van der Waals surface area (Å²) in [7, 11) is 0. The molecule has 1 N–H and O–H groups in total. The van der Waals surface area contributed by atoms with Crippen LogP contribution in [0.5, 0.6) is 0 Å². The predicted molar refractivity (Wildman–Crippen MR) is 168 cm³/mol. The van der Waals surface area contributed by atoms with Crippen LogP contribution in [0.25, 0.3) is 0 Å². The Bertz CT molecular complexity index is 804. The largest absolute Gasteiger partial charge is 0.375 e. The molecule has 232 valence electrons. The Hall–Kier alpha value is -1.63. The third kappa shape index (κ3) is 13.8. The van der Waals surface area contributed by atoms with Gasteiger partial charge in [-0.1, -0.05) is 89.2 Å². The molecule has 0 bridgehead atoms. The molecule has 1 fully saturated rings. The molecule has 40 heavy (non-hydrogen) atoms. The number of hydrogen-bond donors (Lipinski definition) is 1. The fraction of sp³-hybridized carbons (Fsp3) is 0.909. The van der Waals surface area contributed by atoms with Crippen LogP contribution < -0.4 is 10.2 Å². The highest BCUT2D eigenvalue weighted by Gasteiger charge is 2.26. The molecule has 0 spiro atoms. The second-order valence-electron chi connectivity index (χ2n) is 13.6. The number of ether oxygens (including phenoxy) is 1. The summed E-state index contributed by atoms with van der Waals surface area (Å²) in [6, 6.07) is 0. The SMILES string of the molecule is CCN(CC)c1cn(CCC(C)(C)OCCC(C)(C)NC(=O)CC(C)C2CCCCCCCCCCCC2)nn1. The van der Waals surface area contributed by atoms with Crippen molar-refractivity contribution in [3.8, 4) is 0 Å². The lowest BCUT2D eigenvalue weighted by atomic mass is 9.82. The van der Waals surface area contributed by atoms with Gasteiger partial charge in [0.05, 0.1) is 11.8 Å². The molecule has 7 nitrogen and oxygen atoms in total. The van der Waals surface area contributed by atoms with E-state index < -0.39 is 0 Å². The van der Waals surface area contributed by atoms with Gasteiger partial charge in [0.1, 0.15) is 0 Å². The molecule has 1 atom stereocenters. The zero-order valence-electron chi connectivity index (χ0n) is 27.3. The average molecular weight is 562 g/mol. The van der Waals surface area contributed by atoms with Crippen LogP contribution in [0, 0.1) is 11.8 Å². The number of nitrogens with one attached hydrogen (secondary N) is 1. The monoisotopic (exact) mass is 561 g/mol. The summed E-state index contributed by atoms with van der Waals surface area (Å²) < 4.78 is 8.20. The molecule has 1 aliphatic carbocycles. The van der Waals surface area contributed by atoms with Crippen molar-refractivity contribution in [1.29, 1.82) is 0 Å². The van der Waals surface area contributed by atoms with Crippen molar-refractivity contribution < 1.29 is 9.53 Å². The van der Waals surface area contributed by atoms with Crippen LogP contribution in [-0.4, -0.2) is 51.7 Å². The molecule has 1 aromatic rings. The number of amides is 1. The Morgan fingerprint density at radius 2 is 1.52 bits per heavy atom. The lowest BCUT2D eigenvalue weighted by molar-refractivity contribution is -0.124. The first-order valence-electron chi connectivity index (χ1n) is 16.6. The van der Waals surface area contributed by atoms with E-state index in [1.54, 1.807) is 0 Å². The maximum atomic E-state index is 13.1. The molecule has 1 heterocycles. The number of aromatic nitrogens is 3. The normalized spacial score (nSPS) is 17.9. The minimum Gasteiger partial charge on any atom is -0.375 e. The van der Waals surface area contributed by atoms with Gasteiger partial charge < -0.3 is 15.0 Å². The standard InChI is InChI=1S/C33H63N5O2/c1-8-37(9-2)30-27-38(36-35-30)24-22-33(6,7)40-25-23-32(4,5)34-31(39)26-28(3)29-20-18-16-14-12-10-11-13-15-17-19-21-29/h27-29H,8-26H2,1-7H3,(H,34,39). The summed E-state index contributed by atoms with van der Waals surface area (Å²) in [6.45, 7) is 18.3. The highest BCUT2D eigenvalue weighted by molar-refractivity contribution is 5.76. The van der Waals surface area contributed by atoms with Crippen molar-refractivity contribution in [3.05, 3.63) is 6.20 Å². The van der Waals surface area contributed by atoms with Gasteiger partial charge in [-0.05, 0) is 66.2 Å². The lowest BCUT2D eigenvalue weighted by Gasteiger charge is -2.31. The van der Waals surface area contributed by atoms with Gasteiger partial charge >= 0.3 is 0 Å². The fourth-order valence-electron chi connectivity index (χ4n) is 6.02. The highest BCUT2D eigenvalue weighted by Crippen LogP contribution is 2.29. The quantitative estimate of drug-likeness (QED) is 0.250. The molecular weight excluding hydrogens is 498 g/mol. The zero-order chi connectivity index (χ0) is 29.4. The number of aryl methyl sites for hydroxylation is 1. The number of carbonyl (C=O) groups excluding carboxylic acids is 1. The van der Waals surface area contributed by atoms with Crippen molar-refractivity contribution in [2.45, 2.75) is 162 Å². The molecule has 1 aliphatic rings. The molecule has 0 aromatic carbocycles. The van der Waals surface area contributed by atoms with Gasteiger partial charge in [0.25, 0.3) is 0 Å². The van der Waals surface area contributed by atoms with Gasteiger partial charge in [-0.15, -0.1) is 5.10 Å². The summed E-state index contributed by atoms with van der Waals surface area (Å²) in [5.74, 6) is 2.23. The molecular formula is C33H63N5O2. The van der Waals surface area contributed by atoms with Gasteiger partial charge in [-0.2, -0.15) is 0 Å². The van der Waals surface area contributed by atoms with Crippen molar-refractivity contribution >= 4 is 11.7 Å². The molecule has 2 rings (SSSR count). The Kier molecular flexibility index (Phi) is 15.6. The van der Waals surface area contributed by atoms with Crippen LogP contribution in [0.4, 0.5) is 5.82 Å². The molecule has 1 amide bonds. The fourth-order valence-corrected chi connectivity index (χ4v) is 6.02. The number of anilines is 1. The zero-order valence-corrected chi connectivity index (χ0v) is 27.3. The topological polar surface area (TPSA) is 72.3 Å². The Morgan fingerprint density at radius 3 is 2.08 bits per heavy atom. The van der Waals surface area contributed by atoms with E-state index in [-0.39, 0.29) is 17.0 Å². The second kappa shape index (κ2) is 18.0. The van der Waals surface area contributed by atoms with Crippen LogP contribution in [-0.2, 0) is 16.1 Å². The van der Waals surface area contributed by atoms with E-state index in [0.717, 1.165) is 38.3 Å². The number of rotatable bonds is 14. The van der Waals surface area contributed by atoms with Gasteiger partial charge in [0, 0.05) is 38.2 Å². The molecule has 0 saturated heterocycles. The number of carbonyl (C=O) groups is 1. The summed E-state index contributed by atoms with van der Waals surface area (Å²) in [5.41, 5.74) is -0.565. The van der Waals surface area contributed by atoms with Crippen LogP contribution in [0.15, 0.2) is 6.20 Å². The minimum atomic E-state index is -0.289. The molecule has 0 radical (unpaired) electrons. The minimum absolute atomic E-state index is 0.190. The highest BCUT2D eigenvalue weighted by atomic mass is 16.5. The Morgan fingerprint density at radius 1 is 0.975 bits per heavy atom. The van der Waals surface area contributed by atoms with Crippen molar-refractivity contribution in [2.24, 2.45) is 11.8 Å². The van der Waals surface area contributed by atoms with Gasteiger partial charge in [0.2, 0.25) is 5.91 Å². The Labute approximate surface area is 246 Å². The molecule has 1 saturated carbocycles. The van der Waals surface area contributed by atoms with Gasteiger partial charge in [0.15, 0.2) is 5.82 Å². The predicted octanol–water partition coefficient (Wildman–Crippen LogP) is 7.93. The first-order chi connectivity index (χ1) is 19.0. The third-order valence-corrected chi connectivity index (χ3v) is 8.97. The van der Waals surface area contributed by atoms with E-state index in [4.69, 9.17) is 4.74 Å². The number of nitrogens with zero attached hydrogens (tertiary/aromatic N) is 4. The summed E-state index contributed by atoms with van der Waals surface area (Å²) in [4.78, 5) is 15.3. The Balaban J connectivity index is 1.74. The maximum absolute atomic E-state index is 13.1. The van der Waals surface area contributed by atoms with E-state index in [1.807, 2.05) is 10.9 Å². The van der Waals surface area contributed by atoms with Crippen molar-refractivity contribution in [1.82, 2.24) is 20.3 Å². The second-order valence-corrected chi connectivity index (χ2v) is 13.6. The van der Waals surface area contributed by atoms with Crippen LogP contribution in [0.1, 0.15) is 145 Å². The van der Waals surface area contributed by atoms with Crippen molar-refractivity contribution in [3.63, 3.8) is 0 Å². The molecule has 0 aliphatic heterocycles. The lowest BCUT2D eigenvalue weighted by Crippen LogP contribution is -2.45. The molecule has 7 heteroatoms. The van der Waals surface area contributed by atoms with Crippen LogP contribution >= 0.6 is 0 Å². The van der Waals surface area contributed by atoms with Gasteiger partial charge in [-0.3, -0.25) is 9.48 Å². The van der Waals surface area contributed by atoms with Gasteiger partial charge in [-0.25, -0.2) is 0 Å². The van der Waals surface area contributed by atoms with Crippen LogP contribution in [0.2, 0.25) is 0 Å². The maximum Gasteiger partial charge on any atom is 0.220 e. The summed E-state index contributed by atoms with van der Waals surface area (Å²) in [6.07, 6.45) is 20.6. The van der Waals surface area contributed by atoms with Crippen molar-refractivity contribution in [2.75, 3.05) is 24.6 Å². The smallest absolute Gasteiger partial charge is 0.220 e. The first kappa shape index (κ1) is 34.6. The average Bonchev–Trinajstić information content (AvgIpc) is 3.36. The summed E-state index contributed by atoms with van der Waals surface area (Å²) in [5, 5.41) is 11.9. The third-order valence-electron chi connectivity index (χ3n) is 8.97. The summed E-state index contributed by atoms with van der Waals surface area (Å²) >= 11 is 0. The van der Waals surface area contributed by atoms with E-state index in [1.165, 1.54) is 77.0 Å². The van der Waals surface area contributed by atoms with Crippen LogP contribution in [0.3, 0.4) is 0 Å². The van der Waals surface area contributed by atoms with E-state index in [9.17, 15) is 4.79 Å².